The van der Waals surface area contributed by atoms with Crippen LogP contribution in [0.25, 0.3) is 10.9 Å². The molecule has 0 aliphatic heterocycles. The van der Waals surface area contributed by atoms with E-state index in [9.17, 15) is 9.59 Å². The van der Waals surface area contributed by atoms with Gasteiger partial charge in [0.25, 0.3) is 0 Å². The van der Waals surface area contributed by atoms with E-state index in [0.717, 1.165) is 5.39 Å². The van der Waals surface area contributed by atoms with E-state index in [4.69, 9.17) is 4.74 Å². The Balaban J connectivity index is 2.11. The first-order chi connectivity index (χ1) is 10.2. The average molecular weight is 277 g/mol. The van der Waals surface area contributed by atoms with Gasteiger partial charge in [0, 0.05) is 16.5 Å². The quantitative estimate of drug-likeness (QED) is 0.582. The molecule has 0 bridgehead atoms. The summed E-state index contributed by atoms with van der Waals surface area (Å²) < 4.78 is 5.30. The fourth-order valence-corrected chi connectivity index (χ4v) is 2.92. The van der Waals surface area contributed by atoms with Crippen LogP contribution in [0.3, 0.4) is 0 Å². The molecular formula is C17H11NO3. The summed E-state index contributed by atoms with van der Waals surface area (Å²) in [5, 5.41) is 0.720. The van der Waals surface area contributed by atoms with Crippen molar-refractivity contribution in [3.8, 4) is 5.75 Å². The lowest BCUT2D eigenvalue weighted by Gasteiger charge is -2.13. The molecule has 0 spiro atoms. The number of hydrogen-bond donors (Lipinski definition) is 1. The number of ketones is 2. The molecule has 0 unspecified atom stereocenters. The van der Waals surface area contributed by atoms with Gasteiger partial charge in [0.1, 0.15) is 5.75 Å². The van der Waals surface area contributed by atoms with Gasteiger partial charge >= 0.3 is 0 Å². The summed E-state index contributed by atoms with van der Waals surface area (Å²) in [5.74, 6) is 0.338. The molecule has 0 amide bonds. The van der Waals surface area contributed by atoms with Crippen molar-refractivity contribution in [2.24, 2.45) is 0 Å². The molecule has 0 saturated carbocycles. The Morgan fingerprint density at radius 3 is 2.33 bits per heavy atom. The van der Waals surface area contributed by atoms with Crippen LogP contribution < -0.4 is 4.74 Å². The molecule has 1 aliphatic rings. The zero-order valence-corrected chi connectivity index (χ0v) is 11.3. The number of hydrogen-bond acceptors (Lipinski definition) is 3. The van der Waals surface area contributed by atoms with Gasteiger partial charge in [-0.3, -0.25) is 9.59 Å². The monoisotopic (exact) mass is 277 g/mol. The van der Waals surface area contributed by atoms with E-state index < -0.39 is 0 Å². The first kappa shape index (κ1) is 11.9. The Bertz CT molecular complexity index is 921. The van der Waals surface area contributed by atoms with E-state index in [1.54, 1.807) is 37.4 Å². The molecule has 0 fully saturated rings. The van der Waals surface area contributed by atoms with Crippen molar-refractivity contribution in [2.45, 2.75) is 0 Å². The zero-order chi connectivity index (χ0) is 14.6. The number of H-pyrrole nitrogens is 1. The van der Waals surface area contributed by atoms with Gasteiger partial charge in [0.2, 0.25) is 5.78 Å². The van der Waals surface area contributed by atoms with Crippen molar-refractivity contribution in [1.29, 1.82) is 0 Å². The van der Waals surface area contributed by atoms with Gasteiger partial charge in [0.05, 0.1) is 23.9 Å². The standard InChI is InChI=1S/C17H11NO3/c1-21-12-8-4-7-11-13-15(18-14(11)12)17(20)10-6-3-2-5-9(10)16(13)19/h2-8,18H,1H3. The van der Waals surface area contributed by atoms with E-state index in [2.05, 4.69) is 4.98 Å². The number of nitrogens with one attached hydrogen (secondary N) is 1. The van der Waals surface area contributed by atoms with Crippen LogP contribution in [0.5, 0.6) is 5.75 Å². The number of carbonyl (C=O) groups excluding carboxylic acids is 2. The first-order valence-corrected chi connectivity index (χ1v) is 6.59. The van der Waals surface area contributed by atoms with E-state index in [0.29, 0.717) is 33.7 Å². The van der Waals surface area contributed by atoms with Crippen LogP contribution in [0, 0.1) is 0 Å². The third kappa shape index (κ3) is 1.44. The topological polar surface area (TPSA) is 59.2 Å². The van der Waals surface area contributed by atoms with E-state index in [1.165, 1.54) is 0 Å². The van der Waals surface area contributed by atoms with Gasteiger partial charge in [-0.05, 0) is 6.07 Å². The van der Waals surface area contributed by atoms with Crippen molar-refractivity contribution < 1.29 is 14.3 Å². The van der Waals surface area contributed by atoms with Crippen molar-refractivity contribution in [3.05, 3.63) is 64.8 Å². The van der Waals surface area contributed by atoms with Gasteiger partial charge in [-0.25, -0.2) is 0 Å². The maximum Gasteiger partial charge on any atom is 0.210 e. The van der Waals surface area contributed by atoms with Gasteiger partial charge in [-0.2, -0.15) is 0 Å². The van der Waals surface area contributed by atoms with Gasteiger partial charge < -0.3 is 9.72 Å². The molecule has 4 rings (SSSR count). The molecule has 1 aliphatic carbocycles. The fourth-order valence-electron chi connectivity index (χ4n) is 2.92. The first-order valence-electron chi connectivity index (χ1n) is 6.59. The minimum absolute atomic E-state index is 0.125. The molecule has 1 N–H and O–H groups in total. The highest BCUT2D eigenvalue weighted by Crippen LogP contribution is 2.35. The lowest BCUT2D eigenvalue weighted by molar-refractivity contribution is 0.0978. The van der Waals surface area contributed by atoms with Crippen molar-refractivity contribution in [1.82, 2.24) is 4.98 Å². The molecular weight excluding hydrogens is 266 g/mol. The van der Waals surface area contributed by atoms with Crippen LogP contribution in [0.1, 0.15) is 32.0 Å². The number of ether oxygens (including phenoxy) is 1. The fraction of sp³-hybridized carbons (Fsp3) is 0.0588. The van der Waals surface area contributed by atoms with E-state index >= 15 is 0 Å². The Labute approximate surface area is 120 Å². The van der Waals surface area contributed by atoms with Crippen molar-refractivity contribution >= 4 is 22.5 Å². The van der Waals surface area contributed by atoms with Crippen LogP contribution in [-0.2, 0) is 0 Å². The number of aromatic amines is 1. The Morgan fingerprint density at radius 2 is 1.62 bits per heavy atom. The van der Waals surface area contributed by atoms with E-state index in [-0.39, 0.29) is 11.6 Å². The minimum Gasteiger partial charge on any atom is -0.495 e. The van der Waals surface area contributed by atoms with Crippen LogP contribution in [0.2, 0.25) is 0 Å². The third-order valence-electron chi connectivity index (χ3n) is 3.89. The molecule has 1 aromatic heterocycles. The second-order valence-corrected chi connectivity index (χ2v) is 4.96. The summed E-state index contributed by atoms with van der Waals surface area (Å²) in [5.41, 5.74) is 2.37. The lowest BCUT2D eigenvalue weighted by Crippen LogP contribution is -2.19. The van der Waals surface area contributed by atoms with Crippen LogP contribution in [-0.4, -0.2) is 23.7 Å². The second kappa shape index (κ2) is 4.06. The molecule has 0 atom stereocenters. The SMILES string of the molecule is COc1cccc2c3c([nH]c12)C(=O)c1ccccc1C3=O. The molecule has 4 heteroatoms. The number of benzene rings is 2. The molecule has 102 valence electrons. The van der Waals surface area contributed by atoms with Gasteiger partial charge in [0.15, 0.2) is 5.78 Å². The molecule has 4 nitrogen and oxygen atoms in total. The largest absolute Gasteiger partial charge is 0.495 e. The number of carbonyl (C=O) groups is 2. The number of methoxy groups -OCH3 is 1. The predicted octanol–water partition coefficient (Wildman–Crippen LogP) is 2.95. The van der Waals surface area contributed by atoms with E-state index in [1.807, 2.05) is 12.1 Å². The predicted molar refractivity (Wildman–Crippen MR) is 78.2 cm³/mol. The van der Waals surface area contributed by atoms with Crippen LogP contribution in [0.15, 0.2) is 42.5 Å². The Hall–Kier alpha value is -2.88. The summed E-state index contributed by atoms with van der Waals surface area (Å²) in [6.07, 6.45) is 0. The number of rotatable bonds is 1. The highest BCUT2D eigenvalue weighted by Gasteiger charge is 2.33. The summed E-state index contributed by atoms with van der Waals surface area (Å²) in [6, 6.07) is 12.3. The number of para-hydroxylation sites is 1. The summed E-state index contributed by atoms with van der Waals surface area (Å²) in [6.45, 7) is 0. The maximum atomic E-state index is 12.7. The number of fused-ring (bicyclic) bond motifs is 4. The Morgan fingerprint density at radius 1 is 0.905 bits per heavy atom. The highest BCUT2D eigenvalue weighted by molar-refractivity contribution is 6.32. The zero-order valence-electron chi connectivity index (χ0n) is 11.3. The molecule has 0 radical (unpaired) electrons. The van der Waals surface area contributed by atoms with Gasteiger partial charge in [-0.15, -0.1) is 0 Å². The molecule has 3 aromatic rings. The molecule has 2 aromatic carbocycles. The molecule has 1 heterocycles. The molecule has 0 saturated heterocycles. The van der Waals surface area contributed by atoms with Gasteiger partial charge in [-0.1, -0.05) is 36.4 Å². The summed E-state index contributed by atoms with van der Waals surface area (Å²) in [7, 11) is 1.56. The third-order valence-corrected chi connectivity index (χ3v) is 3.89. The van der Waals surface area contributed by atoms with Crippen molar-refractivity contribution in [3.63, 3.8) is 0 Å². The lowest BCUT2D eigenvalue weighted by atomic mass is 9.87. The summed E-state index contributed by atoms with van der Waals surface area (Å²) >= 11 is 0. The molecule has 21 heavy (non-hydrogen) atoms. The Kier molecular flexibility index (Phi) is 2.30. The minimum atomic E-state index is -0.154. The smallest absolute Gasteiger partial charge is 0.210 e. The number of aromatic nitrogens is 1. The van der Waals surface area contributed by atoms with Crippen molar-refractivity contribution in [2.75, 3.05) is 7.11 Å². The summed E-state index contributed by atoms with van der Waals surface area (Å²) in [4.78, 5) is 28.4. The van der Waals surface area contributed by atoms with Crippen LogP contribution >= 0.6 is 0 Å². The maximum absolute atomic E-state index is 12.7. The highest BCUT2D eigenvalue weighted by atomic mass is 16.5. The van der Waals surface area contributed by atoms with Crippen LogP contribution in [0.4, 0.5) is 0 Å². The normalized spacial score (nSPS) is 13.2. The second-order valence-electron chi connectivity index (χ2n) is 4.96. The average Bonchev–Trinajstić information content (AvgIpc) is 2.92.